The fourth-order valence-corrected chi connectivity index (χ4v) is 2.86. The predicted octanol–water partition coefficient (Wildman–Crippen LogP) is 2.30. The highest BCUT2D eigenvalue weighted by atomic mass is 32.1. The molecular formula is C14H15N3O2S. The van der Waals surface area contributed by atoms with Crippen LogP contribution in [0.3, 0.4) is 0 Å². The molecule has 2 heterocycles. The van der Waals surface area contributed by atoms with Crippen molar-refractivity contribution in [3.8, 4) is 5.75 Å². The van der Waals surface area contributed by atoms with Gasteiger partial charge in [-0.1, -0.05) is 0 Å². The van der Waals surface area contributed by atoms with E-state index in [4.69, 9.17) is 10.5 Å². The van der Waals surface area contributed by atoms with Gasteiger partial charge in [0.25, 0.3) is 5.91 Å². The van der Waals surface area contributed by atoms with Crippen LogP contribution in [0.25, 0.3) is 0 Å². The Morgan fingerprint density at radius 1 is 1.50 bits per heavy atom. The molecule has 6 heteroatoms. The van der Waals surface area contributed by atoms with E-state index in [1.807, 2.05) is 18.5 Å². The lowest BCUT2D eigenvalue weighted by molar-refractivity contribution is -0.118. The number of amides is 1. The van der Waals surface area contributed by atoms with E-state index >= 15 is 0 Å². The summed E-state index contributed by atoms with van der Waals surface area (Å²) >= 11 is 1.67. The maximum Gasteiger partial charge on any atom is 0.262 e. The van der Waals surface area contributed by atoms with Crippen LogP contribution >= 0.6 is 11.3 Å². The van der Waals surface area contributed by atoms with Crippen molar-refractivity contribution in [3.05, 3.63) is 34.5 Å². The zero-order valence-corrected chi connectivity index (χ0v) is 11.9. The predicted molar refractivity (Wildman–Crippen MR) is 81.4 cm³/mol. The summed E-state index contributed by atoms with van der Waals surface area (Å²) in [7, 11) is 1.97. The van der Waals surface area contributed by atoms with Crippen molar-refractivity contribution < 1.29 is 9.53 Å². The van der Waals surface area contributed by atoms with Gasteiger partial charge in [-0.05, 0) is 28.5 Å². The third kappa shape index (κ3) is 2.42. The molecule has 0 saturated heterocycles. The highest BCUT2D eigenvalue weighted by Gasteiger charge is 2.19. The van der Waals surface area contributed by atoms with Crippen molar-refractivity contribution in [2.45, 2.75) is 6.54 Å². The van der Waals surface area contributed by atoms with Crippen LogP contribution in [0.1, 0.15) is 5.56 Å². The number of benzene rings is 1. The van der Waals surface area contributed by atoms with Gasteiger partial charge >= 0.3 is 0 Å². The monoisotopic (exact) mass is 289 g/mol. The number of hydrogen-bond acceptors (Lipinski definition) is 5. The molecule has 1 amide bonds. The zero-order valence-electron chi connectivity index (χ0n) is 11.1. The van der Waals surface area contributed by atoms with Crippen molar-refractivity contribution in [2.75, 3.05) is 29.6 Å². The number of carbonyl (C=O) groups is 1. The lowest BCUT2D eigenvalue weighted by Gasteiger charge is -2.25. The quantitative estimate of drug-likeness (QED) is 0.851. The smallest absolute Gasteiger partial charge is 0.262 e. The molecular weight excluding hydrogens is 274 g/mol. The van der Waals surface area contributed by atoms with Crippen LogP contribution < -0.4 is 20.7 Å². The van der Waals surface area contributed by atoms with Gasteiger partial charge in [0.2, 0.25) is 0 Å². The third-order valence-electron chi connectivity index (χ3n) is 3.17. The van der Waals surface area contributed by atoms with E-state index in [-0.39, 0.29) is 12.5 Å². The summed E-state index contributed by atoms with van der Waals surface area (Å²) < 4.78 is 5.35. The first kappa shape index (κ1) is 12.8. The van der Waals surface area contributed by atoms with E-state index in [1.54, 1.807) is 17.4 Å². The number of nitrogens with two attached hydrogens (primary N) is 1. The molecule has 0 aliphatic carbocycles. The van der Waals surface area contributed by atoms with E-state index in [0.717, 1.165) is 12.2 Å². The van der Waals surface area contributed by atoms with Crippen LogP contribution in [0.5, 0.6) is 5.75 Å². The standard InChI is InChI=1S/C14H15N3O2S/c1-17(6-9-2-3-20-8-9)12-5-11-13(4-10(12)15)19-7-14(18)16-11/h2-5,8H,6-7,15H2,1H3,(H,16,18). The molecule has 0 spiro atoms. The normalized spacial score (nSPS) is 13.3. The van der Waals surface area contributed by atoms with Crippen molar-refractivity contribution in [3.63, 3.8) is 0 Å². The molecule has 0 radical (unpaired) electrons. The molecule has 1 aromatic heterocycles. The summed E-state index contributed by atoms with van der Waals surface area (Å²) in [6.07, 6.45) is 0. The Hall–Kier alpha value is -2.21. The summed E-state index contributed by atoms with van der Waals surface area (Å²) in [6, 6.07) is 5.70. The van der Waals surface area contributed by atoms with Gasteiger partial charge < -0.3 is 20.7 Å². The minimum atomic E-state index is -0.145. The number of ether oxygens (including phenoxy) is 1. The molecule has 3 N–H and O–H groups in total. The largest absolute Gasteiger partial charge is 0.482 e. The molecule has 0 fully saturated rings. The summed E-state index contributed by atoms with van der Waals surface area (Å²) in [6.45, 7) is 0.803. The maximum atomic E-state index is 11.4. The van der Waals surface area contributed by atoms with Crippen molar-refractivity contribution >= 4 is 34.3 Å². The Bertz CT molecular complexity index is 640. The van der Waals surface area contributed by atoms with E-state index in [2.05, 4.69) is 21.7 Å². The van der Waals surface area contributed by atoms with E-state index in [9.17, 15) is 4.79 Å². The molecule has 0 atom stereocenters. The Kier molecular flexibility index (Phi) is 3.23. The number of carbonyl (C=O) groups excluding carboxylic acids is 1. The number of nitrogens with one attached hydrogen (secondary N) is 1. The van der Waals surface area contributed by atoms with Crippen molar-refractivity contribution in [1.82, 2.24) is 0 Å². The van der Waals surface area contributed by atoms with Gasteiger partial charge in [0.05, 0.1) is 17.1 Å². The number of thiophene rings is 1. The maximum absolute atomic E-state index is 11.4. The minimum absolute atomic E-state index is 0.0382. The molecule has 0 bridgehead atoms. The van der Waals surface area contributed by atoms with Crippen LogP contribution in [-0.4, -0.2) is 19.6 Å². The number of anilines is 3. The van der Waals surface area contributed by atoms with Crippen LogP contribution in [-0.2, 0) is 11.3 Å². The number of nitrogens with zero attached hydrogens (tertiary/aromatic N) is 1. The highest BCUT2D eigenvalue weighted by Crippen LogP contribution is 2.37. The topological polar surface area (TPSA) is 67.6 Å². The number of fused-ring (bicyclic) bond motifs is 1. The van der Waals surface area contributed by atoms with Gasteiger partial charge in [0, 0.05) is 19.7 Å². The summed E-state index contributed by atoms with van der Waals surface area (Å²) in [5, 5.41) is 6.95. The summed E-state index contributed by atoms with van der Waals surface area (Å²) in [5.74, 6) is 0.475. The Labute approximate surface area is 121 Å². The molecule has 1 aromatic carbocycles. The Balaban J connectivity index is 1.89. The molecule has 2 aromatic rings. The summed E-state index contributed by atoms with van der Waals surface area (Å²) in [4.78, 5) is 13.4. The van der Waals surface area contributed by atoms with Crippen LogP contribution in [0.4, 0.5) is 17.1 Å². The van der Waals surface area contributed by atoms with Gasteiger partial charge in [-0.15, -0.1) is 0 Å². The van der Waals surface area contributed by atoms with Gasteiger partial charge in [-0.25, -0.2) is 0 Å². The second-order valence-corrected chi connectivity index (χ2v) is 5.51. The first-order valence-corrected chi connectivity index (χ1v) is 7.16. The molecule has 104 valence electrons. The molecule has 20 heavy (non-hydrogen) atoms. The minimum Gasteiger partial charge on any atom is -0.482 e. The van der Waals surface area contributed by atoms with Crippen molar-refractivity contribution in [2.24, 2.45) is 0 Å². The lowest BCUT2D eigenvalue weighted by atomic mass is 10.2. The second-order valence-electron chi connectivity index (χ2n) is 4.73. The fraction of sp³-hybridized carbons (Fsp3) is 0.214. The first-order chi connectivity index (χ1) is 9.63. The number of hydrogen-bond donors (Lipinski definition) is 2. The molecule has 3 rings (SSSR count). The zero-order chi connectivity index (χ0) is 14.1. The summed E-state index contributed by atoms with van der Waals surface area (Å²) in [5.41, 5.74) is 9.49. The molecule has 0 unspecified atom stereocenters. The SMILES string of the molecule is CN(Cc1ccsc1)c1cc2c(cc1N)OCC(=O)N2. The fourth-order valence-electron chi connectivity index (χ4n) is 2.20. The molecule has 0 saturated carbocycles. The highest BCUT2D eigenvalue weighted by molar-refractivity contribution is 7.07. The number of rotatable bonds is 3. The number of nitrogen functional groups attached to an aromatic ring is 1. The van der Waals surface area contributed by atoms with Crippen LogP contribution in [0.15, 0.2) is 29.0 Å². The van der Waals surface area contributed by atoms with Crippen molar-refractivity contribution in [1.29, 1.82) is 0 Å². The van der Waals surface area contributed by atoms with E-state index in [0.29, 0.717) is 17.1 Å². The first-order valence-electron chi connectivity index (χ1n) is 6.22. The third-order valence-corrected chi connectivity index (χ3v) is 3.90. The van der Waals surface area contributed by atoms with E-state index < -0.39 is 0 Å². The van der Waals surface area contributed by atoms with Gasteiger partial charge in [0.1, 0.15) is 5.75 Å². The molecule has 5 nitrogen and oxygen atoms in total. The van der Waals surface area contributed by atoms with E-state index in [1.165, 1.54) is 5.56 Å². The molecule has 1 aliphatic rings. The lowest BCUT2D eigenvalue weighted by Crippen LogP contribution is -2.26. The Morgan fingerprint density at radius 3 is 3.10 bits per heavy atom. The van der Waals surface area contributed by atoms with Gasteiger partial charge in [0.15, 0.2) is 6.61 Å². The second kappa shape index (κ2) is 5.05. The average Bonchev–Trinajstić information content (AvgIpc) is 2.91. The van der Waals surface area contributed by atoms with Crippen LogP contribution in [0, 0.1) is 0 Å². The average molecular weight is 289 g/mol. The molecule has 1 aliphatic heterocycles. The van der Waals surface area contributed by atoms with Crippen LogP contribution in [0.2, 0.25) is 0 Å². The van der Waals surface area contributed by atoms with Gasteiger partial charge in [-0.2, -0.15) is 11.3 Å². The van der Waals surface area contributed by atoms with Gasteiger partial charge in [-0.3, -0.25) is 4.79 Å². The Morgan fingerprint density at radius 2 is 2.35 bits per heavy atom.